The van der Waals surface area contributed by atoms with Gasteiger partial charge in [-0.05, 0) is 0 Å². The SMILES string of the molecule is CC(=O)OCC[N+](C)(C)C.O=c1[nH]c(=O)c2[nH]cnc2[nH]1. The molecular formula is C12H20N5O4+. The number of fused-ring (bicyclic) bond motifs is 1. The lowest BCUT2D eigenvalue weighted by atomic mass is 10.5. The highest BCUT2D eigenvalue weighted by Crippen LogP contribution is 1.92. The Bertz CT molecular complexity index is 706. The maximum Gasteiger partial charge on any atom is 0.327 e. The quantitative estimate of drug-likeness (QED) is 0.506. The van der Waals surface area contributed by atoms with E-state index in [1.807, 2.05) is 0 Å². The zero-order valence-corrected chi connectivity index (χ0v) is 12.5. The largest absolute Gasteiger partial charge is 0.460 e. The lowest BCUT2D eigenvalue weighted by Gasteiger charge is -2.23. The Labute approximate surface area is 120 Å². The predicted octanol–water partition coefficient (Wildman–Crippen LogP) is -0.805. The van der Waals surface area contributed by atoms with Crippen molar-refractivity contribution < 1.29 is 14.0 Å². The summed E-state index contributed by atoms with van der Waals surface area (Å²) in [6, 6.07) is 0. The minimum absolute atomic E-state index is 0.201. The van der Waals surface area contributed by atoms with E-state index in [1.54, 1.807) is 0 Å². The molecule has 0 aliphatic carbocycles. The normalized spacial score (nSPS) is 10.9. The second-order valence-electron chi connectivity index (χ2n) is 5.39. The number of hydrogen-bond acceptors (Lipinski definition) is 5. The third kappa shape index (κ3) is 6.04. The van der Waals surface area contributed by atoms with Crippen LogP contribution in [-0.2, 0) is 9.53 Å². The Kier molecular flexibility index (Phi) is 5.42. The number of carbonyl (C=O) groups excluding carboxylic acids is 1. The summed E-state index contributed by atoms with van der Waals surface area (Å²) < 4.78 is 5.59. The van der Waals surface area contributed by atoms with E-state index >= 15 is 0 Å². The molecule has 9 heteroatoms. The first kappa shape index (κ1) is 16.6. The molecule has 0 aromatic carbocycles. The number of ether oxygens (including phenoxy) is 1. The van der Waals surface area contributed by atoms with E-state index in [1.165, 1.54) is 13.3 Å². The van der Waals surface area contributed by atoms with Crippen molar-refractivity contribution in [1.82, 2.24) is 19.9 Å². The van der Waals surface area contributed by atoms with Crippen LogP contribution in [0.2, 0.25) is 0 Å². The number of hydrogen-bond donors (Lipinski definition) is 3. The maximum absolute atomic E-state index is 10.9. The molecule has 0 saturated carbocycles. The van der Waals surface area contributed by atoms with Crippen molar-refractivity contribution in [2.75, 3.05) is 34.3 Å². The highest BCUT2D eigenvalue weighted by molar-refractivity contribution is 5.67. The lowest BCUT2D eigenvalue weighted by molar-refractivity contribution is -0.870. The van der Waals surface area contributed by atoms with Crippen LogP contribution in [0.25, 0.3) is 11.2 Å². The molecular weight excluding hydrogens is 278 g/mol. The summed E-state index contributed by atoms with van der Waals surface area (Å²) in [7, 11) is 6.18. The lowest BCUT2D eigenvalue weighted by Crippen LogP contribution is -2.37. The van der Waals surface area contributed by atoms with Crippen LogP contribution in [0.1, 0.15) is 6.92 Å². The first-order chi connectivity index (χ1) is 9.69. The number of rotatable bonds is 3. The van der Waals surface area contributed by atoms with Crippen molar-refractivity contribution in [3.8, 4) is 0 Å². The average Bonchev–Trinajstić information content (AvgIpc) is 2.75. The molecule has 2 aromatic heterocycles. The molecule has 0 unspecified atom stereocenters. The molecule has 2 rings (SSSR count). The van der Waals surface area contributed by atoms with Crippen LogP contribution >= 0.6 is 0 Å². The third-order valence-electron chi connectivity index (χ3n) is 2.39. The zero-order chi connectivity index (χ0) is 16.0. The van der Waals surface area contributed by atoms with Gasteiger partial charge in [-0.25, -0.2) is 9.78 Å². The minimum Gasteiger partial charge on any atom is -0.460 e. The van der Waals surface area contributed by atoms with Crippen LogP contribution < -0.4 is 11.2 Å². The fraction of sp³-hybridized carbons (Fsp3) is 0.500. The van der Waals surface area contributed by atoms with E-state index < -0.39 is 11.2 Å². The van der Waals surface area contributed by atoms with Gasteiger partial charge in [0.05, 0.1) is 27.5 Å². The number of nitrogens with one attached hydrogen (secondary N) is 3. The van der Waals surface area contributed by atoms with Crippen LogP contribution in [0.3, 0.4) is 0 Å². The van der Waals surface area contributed by atoms with Gasteiger partial charge in [-0.3, -0.25) is 19.6 Å². The van der Waals surface area contributed by atoms with Gasteiger partial charge in [0.15, 0.2) is 5.65 Å². The number of quaternary nitrogens is 1. The van der Waals surface area contributed by atoms with Crippen molar-refractivity contribution in [3.63, 3.8) is 0 Å². The molecule has 0 bridgehead atoms. The third-order valence-corrected chi connectivity index (χ3v) is 2.39. The summed E-state index contributed by atoms with van der Waals surface area (Å²) in [4.78, 5) is 42.6. The van der Waals surface area contributed by atoms with Crippen LogP contribution in [-0.4, -0.2) is 64.7 Å². The number of aromatic nitrogens is 4. The number of esters is 1. The Balaban J connectivity index is 0.000000212. The highest BCUT2D eigenvalue weighted by atomic mass is 16.5. The standard InChI is InChI=1S/C7H16NO2.C5H4N4O2/c1-7(9)10-6-5-8(2,3)4;10-4-2-3(7-1-6-2)8-5(11)9-4/h5-6H2,1-4H3;1H,(H3,6,7,8,9,10,11)/q+1;. The van der Waals surface area contributed by atoms with Gasteiger partial charge in [0.25, 0.3) is 5.56 Å². The van der Waals surface area contributed by atoms with E-state index in [4.69, 9.17) is 4.74 Å². The van der Waals surface area contributed by atoms with Crippen molar-refractivity contribution in [2.24, 2.45) is 0 Å². The number of nitrogens with zero attached hydrogens (tertiary/aromatic N) is 2. The molecule has 9 nitrogen and oxygen atoms in total. The Morgan fingerprint density at radius 3 is 2.52 bits per heavy atom. The number of H-pyrrole nitrogens is 3. The summed E-state index contributed by atoms with van der Waals surface area (Å²) >= 11 is 0. The first-order valence-corrected chi connectivity index (χ1v) is 6.28. The Hall–Kier alpha value is -2.42. The molecule has 0 spiro atoms. The van der Waals surface area contributed by atoms with Gasteiger partial charge >= 0.3 is 11.7 Å². The highest BCUT2D eigenvalue weighted by Gasteiger charge is 2.06. The van der Waals surface area contributed by atoms with Gasteiger partial charge in [0, 0.05) is 6.92 Å². The smallest absolute Gasteiger partial charge is 0.327 e. The first-order valence-electron chi connectivity index (χ1n) is 6.28. The second-order valence-corrected chi connectivity index (χ2v) is 5.39. The fourth-order valence-electron chi connectivity index (χ4n) is 1.33. The van der Waals surface area contributed by atoms with E-state index in [0.717, 1.165) is 11.0 Å². The van der Waals surface area contributed by atoms with E-state index in [0.29, 0.717) is 6.61 Å². The molecule has 2 heterocycles. The van der Waals surface area contributed by atoms with Crippen molar-refractivity contribution in [2.45, 2.75) is 6.92 Å². The van der Waals surface area contributed by atoms with Crippen molar-refractivity contribution in [3.05, 3.63) is 27.2 Å². The molecule has 0 fully saturated rings. The molecule has 0 saturated heterocycles. The summed E-state index contributed by atoms with van der Waals surface area (Å²) in [6.07, 6.45) is 1.34. The van der Waals surface area contributed by atoms with E-state index in [9.17, 15) is 14.4 Å². The molecule has 21 heavy (non-hydrogen) atoms. The Morgan fingerprint density at radius 1 is 1.29 bits per heavy atom. The molecule has 116 valence electrons. The molecule has 0 aliphatic rings. The molecule has 0 radical (unpaired) electrons. The second kappa shape index (κ2) is 6.84. The molecule has 3 N–H and O–H groups in total. The van der Waals surface area contributed by atoms with Gasteiger partial charge in [-0.15, -0.1) is 0 Å². The minimum atomic E-state index is -0.547. The molecule has 2 aromatic rings. The summed E-state index contributed by atoms with van der Waals surface area (Å²) in [6.45, 7) is 2.80. The number of carbonyl (C=O) groups is 1. The fourth-order valence-corrected chi connectivity index (χ4v) is 1.33. The topological polar surface area (TPSA) is 121 Å². The summed E-state index contributed by atoms with van der Waals surface area (Å²) in [5.74, 6) is -0.201. The molecule has 0 amide bonds. The van der Waals surface area contributed by atoms with Gasteiger partial charge in [-0.1, -0.05) is 0 Å². The maximum atomic E-state index is 10.9. The zero-order valence-electron chi connectivity index (χ0n) is 12.5. The van der Waals surface area contributed by atoms with Gasteiger partial charge in [0.1, 0.15) is 18.7 Å². The van der Waals surface area contributed by atoms with Crippen LogP contribution in [0.4, 0.5) is 0 Å². The summed E-state index contributed by atoms with van der Waals surface area (Å²) in [5, 5.41) is 0. The number of likely N-dealkylation sites (N-methyl/N-ethyl adjacent to an activating group) is 1. The van der Waals surface area contributed by atoms with Gasteiger partial charge in [-0.2, -0.15) is 0 Å². The van der Waals surface area contributed by atoms with Crippen LogP contribution in [0.15, 0.2) is 15.9 Å². The average molecular weight is 298 g/mol. The Morgan fingerprint density at radius 2 is 1.95 bits per heavy atom. The monoisotopic (exact) mass is 298 g/mol. The van der Waals surface area contributed by atoms with Gasteiger partial charge in [0.2, 0.25) is 0 Å². The van der Waals surface area contributed by atoms with Crippen LogP contribution in [0, 0.1) is 0 Å². The molecule has 0 aliphatic heterocycles. The van der Waals surface area contributed by atoms with E-state index in [-0.39, 0.29) is 17.1 Å². The molecule has 0 atom stereocenters. The van der Waals surface area contributed by atoms with Gasteiger partial charge < -0.3 is 14.2 Å². The van der Waals surface area contributed by atoms with Crippen LogP contribution in [0.5, 0.6) is 0 Å². The number of imidazole rings is 1. The number of aromatic amines is 3. The summed E-state index contributed by atoms with van der Waals surface area (Å²) in [5.41, 5.74) is -0.445. The van der Waals surface area contributed by atoms with Crippen molar-refractivity contribution >= 4 is 17.1 Å². The predicted molar refractivity (Wildman–Crippen MR) is 76.9 cm³/mol. The van der Waals surface area contributed by atoms with Crippen molar-refractivity contribution in [1.29, 1.82) is 0 Å². The van der Waals surface area contributed by atoms with E-state index in [2.05, 4.69) is 41.1 Å².